The first-order chi connectivity index (χ1) is 8.74. The van der Waals surface area contributed by atoms with E-state index in [9.17, 15) is 9.59 Å². The number of nitrogens with zero attached hydrogens (tertiary/aromatic N) is 1. The topological polar surface area (TPSA) is 49.4 Å². The second kappa shape index (κ2) is 4.14. The average molecular weight is 240 g/mol. The highest BCUT2D eigenvalue weighted by atomic mass is 16.2. The minimum Gasteiger partial charge on any atom is -0.352 e. The van der Waals surface area contributed by atoms with Crippen LogP contribution in [0.4, 0.5) is 5.69 Å². The van der Waals surface area contributed by atoms with Crippen molar-refractivity contribution in [3.8, 4) is 0 Å². The lowest BCUT2D eigenvalue weighted by molar-refractivity contribution is -0.130. The second-order valence-corrected chi connectivity index (χ2v) is 4.33. The molecule has 0 bridgehead atoms. The molecule has 2 aromatic carbocycles. The Bertz CT molecular complexity index is 615. The lowest BCUT2D eigenvalue weighted by Crippen LogP contribution is -2.51. The van der Waals surface area contributed by atoms with Gasteiger partial charge in [-0.1, -0.05) is 36.4 Å². The van der Waals surface area contributed by atoms with Crippen LogP contribution in [0.5, 0.6) is 0 Å². The van der Waals surface area contributed by atoms with Crippen molar-refractivity contribution in [2.45, 2.75) is 0 Å². The van der Waals surface area contributed by atoms with E-state index in [-0.39, 0.29) is 24.9 Å². The Labute approximate surface area is 104 Å². The molecule has 1 aliphatic heterocycles. The van der Waals surface area contributed by atoms with Crippen LogP contribution in [0.15, 0.2) is 42.5 Å². The van der Waals surface area contributed by atoms with Crippen molar-refractivity contribution < 1.29 is 9.59 Å². The fraction of sp³-hybridized carbons (Fsp3) is 0.143. The molecule has 4 nitrogen and oxygen atoms in total. The SMILES string of the molecule is O=C1CN(c2cccc3ccccc23)CC(=O)N1. The van der Waals surface area contributed by atoms with Crippen LogP contribution in [-0.2, 0) is 9.59 Å². The van der Waals surface area contributed by atoms with Gasteiger partial charge in [0.1, 0.15) is 0 Å². The summed E-state index contributed by atoms with van der Waals surface area (Å²) in [6, 6.07) is 13.8. The maximum Gasteiger partial charge on any atom is 0.246 e. The van der Waals surface area contributed by atoms with Crippen molar-refractivity contribution in [3.63, 3.8) is 0 Å². The van der Waals surface area contributed by atoms with Crippen molar-refractivity contribution in [1.82, 2.24) is 5.32 Å². The van der Waals surface area contributed by atoms with Crippen molar-refractivity contribution in [1.29, 1.82) is 0 Å². The van der Waals surface area contributed by atoms with E-state index in [0.717, 1.165) is 16.5 Å². The molecule has 1 N–H and O–H groups in total. The van der Waals surface area contributed by atoms with E-state index in [4.69, 9.17) is 0 Å². The number of piperazine rings is 1. The van der Waals surface area contributed by atoms with Crippen LogP contribution in [0.2, 0.25) is 0 Å². The van der Waals surface area contributed by atoms with Crippen LogP contribution >= 0.6 is 0 Å². The number of amides is 2. The van der Waals surface area contributed by atoms with Crippen molar-refractivity contribution in [3.05, 3.63) is 42.5 Å². The van der Waals surface area contributed by atoms with Gasteiger partial charge in [-0.2, -0.15) is 0 Å². The molecule has 0 radical (unpaired) electrons. The maximum absolute atomic E-state index is 11.4. The van der Waals surface area contributed by atoms with Gasteiger partial charge in [0.15, 0.2) is 0 Å². The first-order valence-electron chi connectivity index (χ1n) is 5.79. The van der Waals surface area contributed by atoms with Gasteiger partial charge in [-0.25, -0.2) is 0 Å². The largest absolute Gasteiger partial charge is 0.352 e. The Balaban J connectivity index is 2.08. The summed E-state index contributed by atoms with van der Waals surface area (Å²) in [4.78, 5) is 24.6. The molecule has 0 spiro atoms. The molecule has 1 aliphatic rings. The number of hydrogen-bond donors (Lipinski definition) is 1. The Hall–Kier alpha value is -2.36. The van der Waals surface area contributed by atoms with Gasteiger partial charge in [0.25, 0.3) is 0 Å². The predicted molar refractivity (Wildman–Crippen MR) is 69.3 cm³/mol. The molecule has 1 fully saturated rings. The highest BCUT2D eigenvalue weighted by molar-refractivity contribution is 6.05. The van der Waals surface area contributed by atoms with E-state index in [2.05, 4.69) is 5.32 Å². The number of nitrogens with one attached hydrogen (secondary N) is 1. The Morgan fingerprint density at radius 3 is 2.33 bits per heavy atom. The summed E-state index contributed by atoms with van der Waals surface area (Å²) >= 11 is 0. The molecule has 0 unspecified atom stereocenters. The minimum atomic E-state index is -0.251. The highest BCUT2D eigenvalue weighted by Gasteiger charge is 2.23. The van der Waals surface area contributed by atoms with Crippen LogP contribution in [-0.4, -0.2) is 24.9 Å². The Morgan fingerprint density at radius 1 is 0.889 bits per heavy atom. The molecular weight excluding hydrogens is 228 g/mol. The van der Waals surface area contributed by atoms with E-state index < -0.39 is 0 Å². The molecule has 2 aromatic rings. The van der Waals surface area contributed by atoms with Crippen LogP contribution in [0.3, 0.4) is 0 Å². The normalized spacial score (nSPS) is 15.9. The van der Waals surface area contributed by atoms with Gasteiger partial charge in [0, 0.05) is 11.1 Å². The van der Waals surface area contributed by atoms with Gasteiger partial charge in [-0.15, -0.1) is 0 Å². The van der Waals surface area contributed by atoms with Crippen LogP contribution in [0.25, 0.3) is 10.8 Å². The first kappa shape index (κ1) is 10.8. The molecule has 2 amide bonds. The zero-order chi connectivity index (χ0) is 12.5. The molecule has 90 valence electrons. The standard InChI is InChI=1S/C14H12N2O2/c17-13-8-16(9-14(18)15-13)12-7-3-5-10-4-1-2-6-11(10)12/h1-7H,8-9H2,(H,15,17,18). The van der Waals surface area contributed by atoms with Crippen molar-refractivity contribution >= 4 is 28.3 Å². The molecular formula is C14H12N2O2. The summed E-state index contributed by atoms with van der Waals surface area (Å²) in [7, 11) is 0. The average Bonchev–Trinajstić information content (AvgIpc) is 2.37. The number of hydrogen-bond acceptors (Lipinski definition) is 3. The summed E-state index contributed by atoms with van der Waals surface area (Å²) in [6.07, 6.45) is 0. The third-order valence-corrected chi connectivity index (χ3v) is 3.06. The summed E-state index contributed by atoms with van der Waals surface area (Å²) in [6.45, 7) is 0.444. The first-order valence-corrected chi connectivity index (χ1v) is 5.79. The highest BCUT2D eigenvalue weighted by Crippen LogP contribution is 2.26. The smallest absolute Gasteiger partial charge is 0.246 e. The van der Waals surface area contributed by atoms with Gasteiger partial charge in [0.05, 0.1) is 13.1 Å². The monoisotopic (exact) mass is 240 g/mol. The van der Waals surface area contributed by atoms with E-state index in [1.54, 1.807) is 0 Å². The van der Waals surface area contributed by atoms with E-state index in [0.29, 0.717) is 0 Å². The molecule has 0 atom stereocenters. The predicted octanol–water partition coefficient (Wildman–Crippen LogP) is 1.30. The number of fused-ring (bicyclic) bond motifs is 1. The molecule has 0 aromatic heterocycles. The van der Waals surface area contributed by atoms with Crippen LogP contribution < -0.4 is 10.2 Å². The number of anilines is 1. The lowest BCUT2D eigenvalue weighted by Gasteiger charge is -2.28. The number of carbonyl (C=O) groups excluding carboxylic acids is 2. The maximum atomic E-state index is 11.4. The fourth-order valence-electron chi connectivity index (χ4n) is 2.29. The van der Waals surface area contributed by atoms with Crippen LogP contribution in [0.1, 0.15) is 0 Å². The molecule has 4 heteroatoms. The van der Waals surface area contributed by atoms with E-state index in [1.807, 2.05) is 47.4 Å². The van der Waals surface area contributed by atoms with Crippen molar-refractivity contribution in [2.24, 2.45) is 0 Å². The van der Waals surface area contributed by atoms with Gasteiger partial charge in [0.2, 0.25) is 11.8 Å². The van der Waals surface area contributed by atoms with Crippen LogP contribution in [0, 0.1) is 0 Å². The summed E-state index contributed by atoms with van der Waals surface area (Å²) < 4.78 is 0. The quantitative estimate of drug-likeness (QED) is 0.764. The number of carbonyl (C=O) groups is 2. The van der Waals surface area contributed by atoms with E-state index >= 15 is 0 Å². The fourth-order valence-corrected chi connectivity index (χ4v) is 2.29. The molecule has 1 saturated heterocycles. The minimum absolute atomic E-state index is 0.222. The number of imide groups is 1. The molecule has 1 heterocycles. The van der Waals surface area contributed by atoms with Gasteiger partial charge >= 0.3 is 0 Å². The molecule has 18 heavy (non-hydrogen) atoms. The third kappa shape index (κ3) is 1.82. The van der Waals surface area contributed by atoms with Crippen molar-refractivity contribution in [2.75, 3.05) is 18.0 Å². The third-order valence-electron chi connectivity index (χ3n) is 3.06. The van der Waals surface area contributed by atoms with E-state index in [1.165, 1.54) is 0 Å². The molecule has 3 rings (SSSR count). The zero-order valence-electron chi connectivity index (χ0n) is 9.72. The number of rotatable bonds is 1. The molecule has 0 saturated carbocycles. The summed E-state index contributed by atoms with van der Waals surface area (Å²) in [5.74, 6) is -0.502. The lowest BCUT2D eigenvalue weighted by atomic mass is 10.1. The van der Waals surface area contributed by atoms with Gasteiger partial charge in [-0.05, 0) is 11.5 Å². The summed E-state index contributed by atoms with van der Waals surface area (Å²) in [5.41, 5.74) is 0.927. The van der Waals surface area contributed by atoms with Gasteiger partial charge < -0.3 is 4.90 Å². The van der Waals surface area contributed by atoms with Gasteiger partial charge in [-0.3, -0.25) is 14.9 Å². The summed E-state index contributed by atoms with van der Waals surface area (Å²) in [5, 5.41) is 4.47. The Morgan fingerprint density at radius 2 is 1.56 bits per heavy atom. The zero-order valence-corrected chi connectivity index (χ0v) is 9.72. The Kier molecular flexibility index (Phi) is 2.48. The molecule has 0 aliphatic carbocycles. The second-order valence-electron chi connectivity index (χ2n) is 4.33. The number of benzene rings is 2.